The van der Waals surface area contributed by atoms with E-state index >= 15 is 0 Å². The molecule has 0 radical (unpaired) electrons. The number of amides is 1. The lowest BCUT2D eigenvalue weighted by Crippen LogP contribution is -2.34. The standard InChI is InChI=1S/C15H15FN2O2/c1-3-18(12-6-4-5-11(16)8-12)15(20)13-9-17-10(2)7-14(13)19/h4-9H,3H2,1-2H3,(H,17,19). The zero-order valence-electron chi connectivity index (χ0n) is 11.3. The Morgan fingerprint density at radius 2 is 2.10 bits per heavy atom. The molecule has 1 amide bonds. The molecule has 1 aromatic heterocycles. The van der Waals surface area contributed by atoms with E-state index in [0.29, 0.717) is 17.9 Å². The summed E-state index contributed by atoms with van der Waals surface area (Å²) in [6, 6.07) is 7.10. The van der Waals surface area contributed by atoms with Crippen LogP contribution >= 0.6 is 0 Å². The summed E-state index contributed by atoms with van der Waals surface area (Å²) in [5.74, 6) is -0.870. The van der Waals surface area contributed by atoms with Crippen LogP contribution in [0.1, 0.15) is 23.0 Å². The van der Waals surface area contributed by atoms with E-state index in [1.54, 1.807) is 19.9 Å². The van der Waals surface area contributed by atoms with E-state index in [1.807, 2.05) is 0 Å². The van der Waals surface area contributed by atoms with Gasteiger partial charge in [-0.1, -0.05) is 6.07 Å². The number of aromatic amines is 1. The molecular formula is C15H15FN2O2. The molecule has 5 heteroatoms. The van der Waals surface area contributed by atoms with Crippen LogP contribution in [0.15, 0.2) is 41.3 Å². The van der Waals surface area contributed by atoms with Crippen molar-refractivity contribution in [3.8, 4) is 0 Å². The second-order valence-electron chi connectivity index (χ2n) is 4.42. The lowest BCUT2D eigenvalue weighted by molar-refractivity contribution is 0.0987. The van der Waals surface area contributed by atoms with Gasteiger partial charge in [0.25, 0.3) is 5.91 Å². The second-order valence-corrected chi connectivity index (χ2v) is 4.42. The largest absolute Gasteiger partial charge is 0.364 e. The van der Waals surface area contributed by atoms with E-state index in [2.05, 4.69) is 4.98 Å². The quantitative estimate of drug-likeness (QED) is 0.935. The van der Waals surface area contributed by atoms with Gasteiger partial charge in [0, 0.05) is 30.2 Å². The lowest BCUT2D eigenvalue weighted by atomic mass is 10.2. The molecule has 0 aliphatic carbocycles. The maximum Gasteiger partial charge on any atom is 0.263 e. The van der Waals surface area contributed by atoms with Crippen LogP contribution in [0.3, 0.4) is 0 Å². The molecule has 104 valence electrons. The van der Waals surface area contributed by atoms with E-state index < -0.39 is 11.7 Å². The number of hydrogen-bond donors (Lipinski definition) is 1. The van der Waals surface area contributed by atoms with Gasteiger partial charge in [0.05, 0.1) is 0 Å². The Morgan fingerprint density at radius 3 is 2.70 bits per heavy atom. The Bertz CT molecular complexity index is 694. The number of aryl methyl sites for hydroxylation is 1. The van der Waals surface area contributed by atoms with Gasteiger partial charge < -0.3 is 9.88 Å². The first-order valence-corrected chi connectivity index (χ1v) is 6.29. The van der Waals surface area contributed by atoms with Crippen molar-refractivity contribution in [2.24, 2.45) is 0 Å². The molecule has 0 spiro atoms. The molecule has 0 aliphatic heterocycles. The van der Waals surface area contributed by atoms with Gasteiger partial charge in [-0.15, -0.1) is 0 Å². The highest BCUT2D eigenvalue weighted by Crippen LogP contribution is 2.17. The first-order chi connectivity index (χ1) is 9.52. The molecule has 0 fully saturated rings. The third-order valence-electron chi connectivity index (χ3n) is 2.97. The highest BCUT2D eigenvalue weighted by molar-refractivity contribution is 6.05. The molecule has 0 aliphatic rings. The minimum absolute atomic E-state index is 0.0433. The molecule has 2 aromatic rings. The van der Waals surface area contributed by atoms with E-state index in [0.717, 1.165) is 0 Å². The van der Waals surface area contributed by atoms with E-state index in [1.165, 1.54) is 35.4 Å². The first-order valence-electron chi connectivity index (χ1n) is 6.29. The number of aromatic nitrogens is 1. The second kappa shape index (κ2) is 5.69. The Morgan fingerprint density at radius 1 is 1.35 bits per heavy atom. The summed E-state index contributed by atoms with van der Waals surface area (Å²) in [7, 11) is 0. The number of rotatable bonds is 3. The van der Waals surface area contributed by atoms with Gasteiger partial charge in [0.2, 0.25) is 0 Å². The average Bonchev–Trinajstić information content (AvgIpc) is 2.39. The van der Waals surface area contributed by atoms with Crippen LogP contribution in [0, 0.1) is 12.7 Å². The van der Waals surface area contributed by atoms with Crippen LogP contribution in [0.25, 0.3) is 0 Å². The van der Waals surface area contributed by atoms with Crippen molar-refractivity contribution in [2.45, 2.75) is 13.8 Å². The van der Waals surface area contributed by atoms with Crippen molar-refractivity contribution < 1.29 is 9.18 Å². The van der Waals surface area contributed by atoms with Gasteiger partial charge >= 0.3 is 0 Å². The van der Waals surface area contributed by atoms with Crippen molar-refractivity contribution >= 4 is 11.6 Å². The van der Waals surface area contributed by atoms with Gasteiger partial charge in [-0.3, -0.25) is 9.59 Å². The highest BCUT2D eigenvalue weighted by Gasteiger charge is 2.19. The summed E-state index contributed by atoms with van der Waals surface area (Å²) in [6.45, 7) is 3.85. The molecule has 0 bridgehead atoms. The number of pyridine rings is 1. The van der Waals surface area contributed by atoms with Crippen molar-refractivity contribution in [3.63, 3.8) is 0 Å². The molecule has 0 unspecified atom stereocenters. The minimum atomic E-state index is -0.445. The van der Waals surface area contributed by atoms with Crippen LogP contribution in [-0.4, -0.2) is 17.4 Å². The maximum absolute atomic E-state index is 13.3. The van der Waals surface area contributed by atoms with Crippen LogP contribution in [0.4, 0.5) is 10.1 Å². The highest BCUT2D eigenvalue weighted by atomic mass is 19.1. The maximum atomic E-state index is 13.3. The summed E-state index contributed by atoms with van der Waals surface area (Å²) in [6.07, 6.45) is 1.39. The van der Waals surface area contributed by atoms with Crippen LogP contribution in [-0.2, 0) is 0 Å². The van der Waals surface area contributed by atoms with Crippen molar-refractivity contribution in [2.75, 3.05) is 11.4 Å². The number of anilines is 1. The molecule has 1 heterocycles. The van der Waals surface area contributed by atoms with Gasteiger partial charge in [0.15, 0.2) is 5.43 Å². The number of carbonyl (C=O) groups is 1. The van der Waals surface area contributed by atoms with Gasteiger partial charge in [-0.05, 0) is 32.0 Å². The predicted octanol–water partition coefficient (Wildman–Crippen LogP) is 2.49. The first kappa shape index (κ1) is 14.0. The summed E-state index contributed by atoms with van der Waals surface area (Å²) in [5, 5.41) is 0. The Hall–Kier alpha value is -2.43. The fourth-order valence-corrected chi connectivity index (χ4v) is 1.97. The molecular weight excluding hydrogens is 259 g/mol. The molecule has 4 nitrogen and oxygen atoms in total. The van der Waals surface area contributed by atoms with E-state index in [-0.39, 0.29) is 11.0 Å². The molecule has 1 aromatic carbocycles. The number of nitrogens with zero attached hydrogens (tertiary/aromatic N) is 1. The average molecular weight is 274 g/mol. The Kier molecular flexibility index (Phi) is 3.98. The molecule has 0 saturated carbocycles. The van der Waals surface area contributed by atoms with Gasteiger partial charge in [0.1, 0.15) is 11.4 Å². The van der Waals surface area contributed by atoms with Crippen LogP contribution in [0.2, 0.25) is 0 Å². The monoisotopic (exact) mass is 274 g/mol. The molecule has 2 rings (SSSR count). The van der Waals surface area contributed by atoms with Crippen molar-refractivity contribution in [1.82, 2.24) is 4.98 Å². The smallest absolute Gasteiger partial charge is 0.263 e. The number of halogens is 1. The number of benzene rings is 1. The predicted molar refractivity (Wildman–Crippen MR) is 75.6 cm³/mol. The van der Waals surface area contributed by atoms with E-state index in [9.17, 15) is 14.0 Å². The minimum Gasteiger partial charge on any atom is -0.364 e. The number of nitrogens with one attached hydrogen (secondary N) is 1. The van der Waals surface area contributed by atoms with Crippen molar-refractivity contribution in [3.05, 3.63) is 63.8 Å². The summed E-state index contributed by atoms with van der Waals surface area (Å²) >= 11 is 0. The normalized spacial score (nSPS) is 10.3. The molecule has 0 atom stereocenters. The Labute approximate surface area is 115 Å². The number of H-pyrrole nitrogens is 1. The zero-order chi connectivity index (χ0) is 14.7. The third kappa shape index (κ3) is 2.77. The zero-order valence-corrected chi connectivity index (χ0v) is 11.3. The Balaban J connectivity index is 2.41. The number of carbonyl (C=O) groups excluding carboxylic acids is 1. The van der Waals surface area contributed by atoms with Gasteiger partial charge in [-0.25, -0.2) is 4.39 Å². The SMILES string of the molecule is CCN(C(=O)c1c[nH]c(C)cc1=O)c1cccc(F)c1. The molecule has 20 heavy (non-hydrogen) atoms. The van der Waals surface area contributed by atoms with E-state index in [4.69, 9.17) is 0 Å². The van der Waals surface area contributed by atoms with Crippen LogP contribution < -0.4 is 10.3 Å². The van der Waals surface area contributed by atoms with Crippen LogP contribution in [0.5, 0.6) is 0 Å². The van der Waals surface area contributed by atoms with Crippen molar-refractivity contribution in [1.29, 1.82) is 0 Å². The number of hydrogen-bond acceptors (Lipinski definition) is 2. The fourth-order valence-electron chi connectivity index (χ4n) is 1.97. The van der Waals surface area contributed by atoms with Gasteiger partial charge in [-0.2, -0.15) is 0 Å². The summed E-state index contributed by atoms with van der Waals surface area (Å²) < 4.78 is 13.3. The molecule has 0 saturated heterocycles. The fraction of sp³-hybridized carbons (Fsp3) is 0.200. The third-order valence-corrected chi connectivity index (χ3v) is 2.97. The lowest BCUT2D eigenvalue weighted by Gasteiger charge is -2.20. The summed E-state index contributed by atoms with van der Waals surface area (Å²) in [5.41, 5.74) is 0.806. The topological polar surface area (TPSA) is 53.2 Å². The molecule has 1 N–H and O–H groups in total. The summed E-state index contributed by atoms with van der Waals surface area (Å²) in [4.78, 5) is 28.5.